The van der Waals surface area contributed by atoms with Crippen molar-refractivity contribution in [2.75, 3.05) is 13.2 Å². The van der Waals surface area contributed by atoms with Gasteiger partial charge in [0, 0.05) is 30.8 Å². The van der Waals surface area contributed by atoms with E-state index in [1.165, 1.54) is 11.1 Å². The molecule has 1 atom stereocenters. The molecule has 0 unspecified atom stereocenters. The van der Waals surface area contributed by atoms with Crippen molar-refractivity contribution in [2.45, 2.75) is 37.6 Å². The van der Waals surface area contributed by atoms with Gasteiger partial charge >= 0.3 is 0 Å². The summed E-state index contributed by atoms with van der Waals surface area (Å²) in [5.74, 6) is 2.28. The van der Waals surface area contributed by atoms with Gasteiger partial charge in [0.15, 0.2) is 5.82 Å². The molecule has 0 amide bonds. The summed E-state index contributed by atoms with van der Waals surface area (Å²) >= 11 is 0. The van der Waals surface area contributed by atoms with Crippen LogP contribution in [0.5, 0.6) is 0 Å². The molecule has 0 saturated carbocycles. The van der Waals surface area contributed by atoms with Crippen LogP contribution in [0, 0.1) is 0 Å². The number of fused-ring (bicyclic) bond motifs is 1. The summed E-state index contributed by atoms with van der Waals surface area (Å²) in [7, 11) is 0. The van der Waals surface area contributed by atoms with Crippen LogP contribution >= 0.6 is 0 Å². The van der Waals surface area contributed by atoms with E-state index in [1.807, 2.05) is 6.20 Å². The molecule has 25 heavy (non-hydrogen) atoms. The Morgan fingerprint density at radius 3 is 2.72 bits per heavy atom. The fourth-order valence-electron chi connectivity index (χ4n) is 3.96. The highest BCUT2D eigenvalue weighted by atomic mass is 16.5. The quantitative estimate of drug-likeness (QED) is 0.795. The lowest BCUT2D eigenvalue weighted by Gasteiger charge is -2.12. The molecule has 2 aromatic heterocycles. The average Bonchev–Trinajstić information content (AvgIpc) is 3.41. The first-order valence-electron chi connectivity index (χ1n) is 8.94. The molecule has 6 nitrogen and oxygen atoms in total. The van der Waals surface area contributed by atoms with Crippen LogP contribution in [0.3, 0.4) is 0 Å². The van der Waals surface area contributed by atoms with Gasteiger partial charge in [0.1, 0.15) is 5.82 Å². The maximum absolute atomic E-state index is 5.54. The summed E-state index contributed by atoms with van der Waals surface area (Å²) in [5.41, 5.74) is 3.93. The first-order chi connectivity index (χ1) is 12.4. The van der Waals surface area contributed by atoms with Crippen molar-refractivity contribution >= 4 is 0 Å². The molecule has 0 radical (unpaired) electrons. The SMILES string of the molecule is c1ccc2c(c1)CC(n1nc([C@@H]3CCOC3)nc1Cc1cnc[nH]1)C2. The lowest BCUT2D eigenvalue weighted by molar-refractivity contribution is 0.193. The zero-order valence-electron chi connectivity index (χ0n) is 14.1. The van der Waals surface area contributed by atoms with Gasteiger partial charge in [0.25, 0.3) is 0 Å². The number of aromatic nitrogens is 5. The van der Waals surface area contributed by atoms with E-state index in [1.54, 1.807) is 6.33 Å². The minimum absolute atomic E-state index is 0.325. The van der Waals surface area contributed by atoms with Crippen LogP contribution in [0.4, 0.5) is 0 Å². The number of nitrogens with one attached hydrogen (secondary N) is 1. The lowest BCUT2D eigenvalue weighted by atomic mass is 10.1. The third-order valence-electron chi connectivity index (χ3n) is 5.29. The number of rotatable bonds is 4. The number of H-pyrrole nitrogens is 1. The number of hydrogen-bond donors (Lipinski definition) is 1. The van der Waals surface area contributed by atoms with Crippen LogP contribution in [-0.4, -0.2) is 37.9 Å². The molecule has 2 aliphatic rings. The van der Waals surface area contributed by atoms with Crippen molar-refractivity contribution in [1.82, 2.24) is 24.7 Å². The van der Waals surface area contributed by atoms with E-state index < -0.39 is 0 Å². The number of ether oxygens (including phenoxy) is 1. The third-order valence-corrected chi connectivity index (χ3v) is 5.29. The molecule has 0 bridgehead atoms. The van der Waals surface area contributed by atoms with Gasteiger partial charge in [-0.3, -0.25) is 0 Å². The second kappa shape index (κ2) is 6.11. The van der Waals surface area contributed by atoms with Crippen LogP contribution < -0.4 is 0 Å². The molecule has 1 aliphatic carbocycles. The smallest absolute Gasteiger partial charge is 0.156 e. The van der Waals surface area contributed by atoms with Gasteiger partial charge in [0.05, 0.1) is 19.0 Å². The summed E-state index contributed by atoms with van der Waals surface area (Å²) in [6, 6.07) is 9.04. The Labute approximate surface area is 146 Å². The summed E-state index contributed by atoms with van der Waals surface area (Å²) in [6.45, 7) is 1.54. The summed E-state index contributed by atoms with van der Waals surface area (Å²) < 4.78 is 7.70. The fourth-order valence-corrected chi connectivity index (χ4v) is 3.96. The Balaban J connectivity index is 1.48. The highest BCUT2D eigenvalue weighted by Gasteiger charge is 2.29. The number of benzene rings is 1. The molecule has 1 aliphatic heterocycles. The zero-order chi connectivity index (χ0) is 16.6. The van der Waals surface area contributed by atoms with E-state index in [2.05, 4.69) is 38.9 Å². The van der Waals surface area contributed by atoms with Crippen LogP contribution in [0.1, 0.15) is 46.9 Å². The molecule has 3 aromatic rings. The maximum atomic E-state index is 5.54. The standard InChI is InChI=1S/C19H21N5O/c1-2-4-14-8-17(7-13(14)3-1)24-18(9-16-10-20-12-21-16)22-19(23-24)15-5-6-25-11-15/h1-4,10,12,15,17H,5-9,11H2,(H,20,21)/t15-/m1/s1. The number of aromatic amines is 1. The Morgan fingerprint density at radius 2 is 2.04 bits per heavy atom. The third kappa shape index (κ3) is 2.76. The lowest BCUT2D eigenvalue weighted by Crippen LogP contribution is -2.15. The second-order valence-electron chi connectivity index (χ2n) is 6.98. The molecule has 1 saturated heterocycles. The predicted octanol–water partition coefficient (Wildman–Crippen LogP) is 2.44. The van der Waals surface area contributed by atoms with Crippen molar-refractivity contribution in [3.8, 4) is 0 Å². The Bertz CT molecular complexity index is 839. The van der Waals surface area contributed by atoms with Crippen molar-refractivity contribution in [3.05, 3.63) is 65.3 Å². The number of hydrogen-bond acceptors (Lipinski definition) is 4. The average molecular weight is 335 g/mol. The first kappa shape index (κ1) is 14.8. The van der Waals surface area contributed by atoms with Gasteiger partial charge in [-0.2, -0.15) is 5.10 Å². The van der Waals surface area contributed by atoms with Gasteiger partial charge in [-0.25, -0.2) is 14.6 Å². The van der Waals surface area contributed by atoms with Crippen molar-refractivity contribution in [1.29, 1.82) is 0 Å². The minimum atomic E-state index is 0.325. The topological polar surface area (TPSA) is 68.6 Å². The van der Waals surface area contributed by atoms with Crippen molar-refractivity contribution in [3.63, 3.8) is 0 Å². The predicted molar refractivity (Wildman–Crippen MR) is 92.5 cm³/mol. The van der Waals surface area contributed by atoms with E-state index in [-0.39, 0.29) is 0 Å². The Morgan fingerprint density at radius 1 is 1.20 bits per heavy atom. The summed E-state index contributed by atoms with van der Waals surface area (Å²) in [5, 5.41) is 4.93. The van der Waals surface area contributed by atoms with Crippen molar-refractivity contribution in [2.24, 2.45) is 0 Å². The molecular formula is C19H21N5O. The maximum Gasteiger partial charge on any atom is 0.156 e. The highest BCUT2D eigenvalue weighted by Crippen LogP contribution is 2.32. The first-order valence-corrected chi connectivity index (χ1v) is 8.94. The minimum Gasteiger partial charge on any atom is -0.381 e. The normalized spacial score (nSPS) is 20.2. The van der Waals surface area contributed by atoms with Gasteiger partial charge in [-0.15, -0.1) is 0 Å². The molecular weight excluding hydrogens is 314 g/mol. The monoisotopic (exact) mass is 335 g/mol. The fraction of sp³-hybridized carbons (Fsp3) is 0.421. The van der Waals surface area contributed by atoms with Gasteiger partial charge in [-0.1, -0.05) is 24.3 Å². The number of imidazole rings is 1. The van der Waals surface area contributed by atoms with Gasteiger partial charge in [0.2, 0.25) is 0 Å². The zero-order valence-corrected chi connectivity index (χ0v) is 14.1. The van der Waals surface area contributed by atoms with E-state index in [4.69, 9.17) is 14.8 Å². The van der Waals surface area contributed by atoms with Crippen LogP contribution in [0.15, 0.2) is 36.8 Å². The molecule has 0 spiro atoms. The molecule has 6 heteroatoms. The molecule has 1 aromatic carbocycles. The van der Waals surface area contributed by atoms with Gasteiger partial charge in [-0.05, 0) is 30.4 Å². The highest BCUT2D eigenvalue weighted by molar-refractivity contribution is 5.33. The second-order valence-corrected chi connectivity index (χ2v) is 6.98. The summed E-state index contributed by atoms with van der Waals surface area (Å²) in [6.07, 6.45) is 7.37. The summed E-state index contributed by atoms with van der Waals surface area (Å²) in [4.78, 5) is 12.2. The Kier molecular flexibility index (Phi) is 3.63. The molecule has 1 N–H and O–H groups in total. The van der Waals surface area contributed by atoms with E-state index >= 15 is 0 Å². The largest absolute Gasteiger partial charge is 0.381 e. The van der Waals surface area contributed by atoms with Gasteiger partial charge < -0.3 is 9.72 Å². The van der Waals surface area contributed by atoms with Crippen LogP contribution in [0.2, 0.25) is 0 Å². The number of nitrogens with zero attached hydrogens (tertiary/aromatic N) is 4. The van der Waals surface area contributed by atoms with Crippen LogP contribution in [0.25, 0.3) is 0 Å². The van der Waals surface area contributed by atoms with E-state index in [9.17, 15) is 0 Å². The molecule has 5 rings (SSSR count). The molecule has 1 fully saturated rings. The molecule has 128 valence electrons. The van der Waals surface area contributed by atoms with E-state index in [0.29, 0.717) is 12.0 Å². The molecule has 3 heterocycles. The Hall–Kier alpha value is -2.47. The van der Waals surface area contributed by atoms with Crippen LogP contribution in [-0.2, 0) is 24.0 Å². The van der Waals surface area contributed by atoms with Crippen molar-refractivity contribution < 1.29 is 4.74 Å². The van der Waals surface area contributed by atoms with E-state index in [0.717, 1.165) is 56.2 Å².